The van der Waals surface area contributed by atoms with Crippen molar-refractivity contribution < 1.29 is 9.59 Å². The van der Waals surface area contributed by atoms with Crippen LogP contribution in [0.25, 0.3) is 5.65 Å². The Morgan fingerprint density at radius 2 is 1.75 bits per heavy atom. The number of nitrogens with zero attached hydrogens (tertiary/aromatic N) is 5. The maximum Gasteiger partial charge on any atom is 0.272 e. The largest absolute Gasteiger partial charge is 0.339 e. The van der Waals surface area contributed by atoms with Crippen molar-refractivity contribution in [3.05, 3.63) is 30.2 Å². The number of amides is 2. The van der Waals surface area contributed by atoms with Gasteiger partial charge in [0, 0.05) is 45.4 Å². The summed E-state index contributed by atoms with van der Waals surface area (Å²) in [6, 6.07) is 3.42. The molecule has 2 aromatic heterocycles. The molecule has 20 heavy (non-hydrogen) atoms. The first-order valence-corrected chi connectivity index (χ1v) is 6.50. The quantitative estimate of drug-likeness (QED) is 0.735. The van der Waals surface area contributed by atoms with Crippen LogP contribution in [0.15, 0.2) is 24.5 Å². The van der Waals surface area contributed by atoms with E-state index < -0.39 is 0 Å². The smallest absolute Gasteiger partial charge is 0.272 e. The summed E-state index contributed by atoms with van der Waals surface area (Å²) >= 11 is 0. The van der Waals surface area contributed by atoms with E-state index >= 15 is 0 Å². The molecule has 0 saturated carbocycles. The third-order valence-electron chi connectivity index (χ3n) is 3.52. The first-order valence-electron chi connectivity index (χ1n) is 6.50. The van der Waals surface area contributed by atoms with Crippen LogP contribution >= 0.6 is 0 Å². The van der Waals surface area contributed by atoms with Crippen molar-refractivity contribution in [1.82, 2.24) is 24.4 Å². The van der Waals surface area contributed by atoms with E-state index in [2.05, 4.69) is 10.1 Å². The predicted molar refractivity (Wildman–Crippen MR) is 71.1 cm³/mol. The topological polar surface area (TPSA) is 70.8 Å². The van der Waals surface area contributed by atoms with E-state index in [1.807, 2.05) is 0 Å². The average Bonchev–Trinajstić information content (AvgIpc) is 2.95. The van der Waals surface area contributed by atoms with Crippen molar-refractivity contribution in [2.45, 2.75) is 6.92 Å². The van der Waals surface area contributed by atoms with E-state index in [4.69, 9.17) is 0 Å². The van der Waals surface area contributed by atoms with Gasteiger partial charge in [-0.2, -0.15) is 5.10 Å². The summed E-state index contributed by atoms with van der Waals surface area (Å²) in [7, 11) is 0. The molecule has 1 fully saturated rings. The monoisotopic (exact) mass is 273 g/mol. The summed E-state index contributed by atoms with van der Waals surface area (Å²) in [6.45, 7) is 3.80. The lowest BCUT2D eigenvalue weighted by molar-refractivity contribution is -0.130. The highest BCUT2D eigenvalue weighted by Gasteiger charge is 2.24. The number of fused-ring (bicyclic) bond motifs is 1. The van der Waals surface area contributed by atoms with Gasteiger partial charge in [0.25, 0.3) is 5.91 Å². The van der Waals surface area contributed by atoms with Crippen molar-refractivity contribution in [1.29, 1.82) is 0 Å². The molecule has 1 saturated heterocycles. The number of rotatable bonds is 1. The number of carbonyl (C=O) groups is 2. The van der Waals surface area contributed by atoms with Crippen LogP contribution in [0, 0.1) is 0 Å². The SMILES string of the molecule is CC(=O)N1CCN(C(=O)c2ccnc3ccnn23)CC1. The fourth-order valence-corrected chi connectivity index (χ4v) is 2.38. The lowest BCUT2D eigenvalue weighted by Crippen LogP contribution is -2.50. The lowest BCUT2D eigenvalue weighted by Gasteiger charge is -2.34. The maximum atomic E-state index is 12.5. The molecule has 0 radical (unpaired) electrons. The standard InChI is InChI=1S/C13H15N5O2/c1-10(19)16-6-8-17(9-7-16)13(20)11-2-4-14-12-3-5-15-18(11)12/h2-5H,6-9H2,1H3. The second-order valence-electron chi connectivity index (χ2n) is 4.73. The van der Waals surface area contributed by atoms with Gasteiger partial charge in [-0.3, -0.25) is 9.59 Å². The fourth-order valence-electron chi connectivity index (χ4n) is 2.38. The molecular weight excluding hydrogens is 258 g/mol. The Morgan fingerprint density at radius 1 is 1.05 bits per heavy atom. The van der Waals surface area contributed by atoms with E-state index in [-0.39, 0.29) is 11.8 Å². The van der Waals surface area contributed by atoms with Crippen LogP contribution in [0.5, 0.6) is 0 Å². The predicted octanol–water partition coefficient (Wildman–Crippen LogP) is 0.0336. The molecule has 0 atom stereocenters. The molecule has 0 aliphatic carbocycles. The van der Waals surface area contributed by atoms with Crippen molar-refractivity contribution in [3.8, 4) is 0 Å². The first kappa shape index (κ1) is 12.6. The highest BCUT2D eigenvalue weighted by molar-refractivity contribution is 5.93. The molecule has 0 aromatic carbocycles. The van der Waals surface area contributed by atoms with Gasteiger partial charge in [0.15, 0.2) is 5.65 Å². The van der Waals surface area contributed by atoms with Crippen LogP contribution in [-0.2, 0) is 4.79 Å². The van der Waals surface area contributed by atoms with Crippen molar-refractivity contribution in [3.63, 3.8) is 0 Å². The summed E-state index contributed by atoms with van der Waals surface area (Å²) < 4.78 is 1.54. The van der Waals surface area contributed by atoms with E-state index in [1.165, 1.54) is 0 Å². The molecule has 1 aliphatic rings. The zero-order chi connectivity index (χ0) is 14.1. The van der Waals surface area contributed by atoms with Crippen molar-refractivity contribution >= 4 is 17.5 Å². The third-order valence-corrected chi connectivity index (χ3v) is 3.52. The molecule has 0 N–H and O–H groups in total. The molecule has 3 heterocycles. The molecule has 0 bridgehead atoms. The summed E-state index contributed by atoms with van der Waals surface area (Å²) in [5.74, 6) is -0.0280. The zero-order valence-corrected chi connectivity index (χ0v) is 11.2. The molecular formula is C13H15N5O2. The number of piperazine rings is 1. The molecule has 2 aromatic rings. The molecule has 2 amide bonds. The Bertz CT molecular complexity index is 658. The van der Waals surface area contributed by atoms with Gasteiger partial charge in [0.05, 0.1) is 6.20 Å². The second kappa shape index (κ2) is 4.92. The zero-order valence-electron chi connectivity index (χ0n) is 11.2. The van der Waals surface area contributed by atoms with Gasteiger partial charge in [-0.25, -0.2) is 9.50 Å². The highest BCUT2D eigenvalue weighted by Crippen LogP contribution is 2.10. The second-order valence-corrected chi connectivity index (χ2v) is 4.73. The molecule has 3 rings (SSSR count). The molecule has 7 nitrogen and oxygen atoms in total. The highest BCUT2D eigenvalue weighted by atomic mass is 16.2. The van der Waals surface area contributed by atoms with E-state index in [0.717, 1.165) is 0 Å². The third kappa shape index (κ3) is 2.11. The fraction of sp³-hybridized carbons (Fsp3) is 0.385. The minimum absolute atomic E-state index is 0.0514. The van der Waals surface area contributed by atoms with Gasteiger partial charge in [-0.15, -0.1) is 0 Å². The Kier molecular flexibility index (Phi) is 3.09. The molecule has 7 heteroatoms. The van der Waals surface area contributed by atoms with E-state index in [0.29, 0.717) is 37.5 Å². The number of hydrogen-bond acceptors (Lipinski definition) is 4. The normalized spacial score (nSPS) is 15.7. The Hall–Kier alpha value is -2.44. The Morgan fingerprint density at radius 3 is 2.45 bits per heavy atom. The molecule has 0 spiro atoms. The van der Waals surface area contributed by atoms with Gasteiger partial charge in [-0.05, 0) is 6.07 Å². The van der Waals surface area contributed by atoms with E-state index in [9.17, 15) is 9.59 Å². The van der Waals surface area contributed by atoms with Crippen molar-refractivity contribution in [2.24, 2.45) is 0 Å². The van der Waals surface area contributed by atoms with Gasteiger partial charge < -0.3 is 9.80 Å². The van der Waals surface area contributed by atoms with E-state index in [1.54, 1.807) is 45.8 Å². The van der Waals surface area contributed by atoms with Crippen LogP contribution in [-0.4, -0.2) is 62.4 Å². The summed E-state index contributed by atoms with van der Waals surface area (Å²) in [6.07, 6.45) is 3.23. The van der Waals surface area contributed by atoms with Crippen LogP contribution in [0.2, 0.25) is 0 Å². The van der Waals surface area contributed by atoms with Gasteiger partial charge >= 0.3 is 0 Å². The summed E-state index contributed by atoms with van der Waals surface area (Å²) in [4.78, 5) is 31.4. The Labute approximate surface area is 115 Å². The number of carbonyl (C=O) groups excluding carboxylic acids is 2. The van der Waals surface area contributed by atoms with Crippen LogP contribution in [0.4, 0.5) is 0 Å². The minimum Gasteiger partial charge on any atom is -0.339 e. The summed E-state index contributed by atoms with van der Waals surface area (Å²) in [5, 5.41) is 4.12. The maximum absolute atomic E-state index is 12.5. The van der Waals surface area contributed by atoms with Crippen LogP contribution in [0.3, 0.4) is 0 Å². The van der Waals surface area contributed by atoms with Crippen LogP contribution in [0.1, 0.15) is 17.4 Å². The van der Waals surface area contributed by atoms with Gasteiger partial charge in [0.1, 0.15) is 5.69 Å². The minimum atomic E-state index is -0.0793. The number of hydrogen-bond donors (Lipinski definition) is 0. The Balaban J connectivity index is 1.80. The molecule has 0 unspecified atom stereocenters. The first-order chi connectivity index (χ1) is 9.66. The lowest BCUT2D eigenvalue weighted by atomic mass is 10.2. The molecule has 104 valence electrons. The summed E-state index contributed by atoms with van der Waals surface area (Å²) in [5.41, 5.74) is 1.15. The van der Waals surface area contributed by atoms with Crippen LogP contribution < -0.4 is 0 Å². The van der Waals surface area contributed by atoms with Gasteiger partial charge in [-0.1, -0.05) is 0 Å². The number of aromatic nitrogens is 3. The average molecular weight is 273 g/mol. The van der Waals surface area contributed by atoms with Crippen molar-refractivity contribution in [2.75, 3.05) is 26.2 Å². The van der Waals surface area contributed by atoms with Gasteiger partial charge in [0.2, 0.25) is 5.91 Å². The molecule has 1 aliphatic heterocycles.